The van der Waals surface area contributed by atoms with Gasteiger partial charge in [-0.25, -0.2) is 0 Å². The molecule has 0 aromatic heterocycles. The average Bonchev–Trinajstić information content (AvgIpc) is 3.27. The summed E-state index contributed by atoms with van der Waals surface area (Å²) in [5.74, 6) is -0.406. The molecule has 1 atom stereocenters. The summed E-state index contributed by atoms with van der Waals surface area (Å²) in [5.41, 5.74) is 0. The van der Waals surface area contributed by atoms with Gasteiger partial charge in [-0.05, 0) is 96.3 Å². The maximum atomic E-state index is 12.8. The van der Waals surface area contributed by atoms with Crippen molar-refractivity contribution in [3.05, 3.63) is 36.5 Å². The summed E-state index contributed by atoms with van der Waals surface area (Å²) < 4.78 is 17.4. The molecule has 1 unspecified atom stereocenters. The molecule has 0 spiro atoms. The lowest BCUT2D eigenvalue weighted by Gasteiger charge is -2.18. The fourth-order valence-corrected chi connectivity index (χ4v) is 7.97. The Balaban J connectivity index is 4.28. The summed E-state index contributed by atoms with van der Waals surface area (Å²) in [7, 11) is 0. The molecule has 0 aromatic carbocycles. The van der Waals surface area contributed by atoms with Crippen molar-refractivity contribution < 1.29 is 23.8 Å². The molecular formula is C57H106O5. The lowest BCUT2D eigenvalue weighted by Crippen LogP contribution is -2.30. The molecule has 0 aliphatic carbocycles. The fraction of sp³-hybridized carbons (Fsp3) is 0.860. The van der Waals surface area contributed by atoms with Gasteiger partial charge in [0.05, 0.1) is 6.61 Å². The van der Waals surface area contributed by atoms with Crippen LogP contribution in [0.1, 0.15) is 290 Å². The van der Waals surface area contributed by atoms with Crippen molar-refractivity contribution in [1.82, 2.24) is 0 Å². The van der Waals surface area contributed by atoms with E-state index in [1.807, 2.05) is 0 Å². The fourth-order valence-electron chi connectivity index (χ4n) is 7.97. The Morgan fingerprint density at radius 3 is 0.984 bits per heavy atom. The van der Waals surface area contributed by atoms with Crippen LogP contribution in [0.25, 0.3) is 0 Å². The SMILES string of the molecule is CCCCCCCCC=CCCCCCCCC(=O)OCC(COCCCCCCCC/C=C\CCCCCCCC)OC(=O)CCCCCCCC=CCCCCCCCC. The van der Waals surface area contributed by atoms with Gasteiger partial charge in [-0.1, -0.05) is 218 Å². The van der Waals surface area contributed by atoms with E-state index < -0.39 is 6.10 Å². The lowest BCUT2D eigenvalue weighted by molar-refractivity contribution is -0.163. The molecule has 0 aromatic rings. The van der Waals surface area contributed by atoms with Crippen LogP contribution in [-0.4, -0.2) is 37.9 Å². The molecule has 0 aliphatic heterocycles. The van der Waals surface area contributed by atoms with Gasteiger partial charge in [-0.3, -0.25) is 9.59 Å². The highest BCUT2D eigenvalue weighted by atomic mass is 16.6. The Hall–Kier alpha value is -1.88. The number of carbonyl (C=O) groups is 2. The normalized spacial score (nSPS) is 12.4. The first-order valence-corrected chi connectivity index (χ1v) is 27.5. The summed E-state index contributed by atoms with van der Waals surface area (Å²) in [5, 5.41) is 0. The molecule has 0 bridgehead atoms. The van der Waals surface area contributed by atoms with Gasteiger partial charge in [0.2, 0.25) is 0 Å². The topological polar surface area (TPSA) is 61.8 Å². The maximum absolute atomic E-state index is 12.8. The van der Waals surface area contributed by atoms with E-state index in [0.717, 1.165) is 64.2 Å². The minimum absolute atomic E-state index is 0.0788. The van der Waals surface area contributed by atoms with Gasteiger partial charge in [-0.2, -0.15) is 0 Å². The number of ether oxygens (including phenoxy) is 3. The maximum Gasteiger partial charge on any atom is 0.306 e. The first kappa shape index (κ1) is 60.1. The highest BCUT2D eigenvalue weighted by molar-refractivity contribution is 5.70. The quantitative estimate of drug-likeness (QED) is 0.0346. The van der Waals surface area contributed by atoms with Crippen molar-refractivity contribution in [1.29, 1.82) is 0 Å². The highest BCUT2D eigenvalue weighted by Gasteiger charge is 2.17. The van der Waals surface area contributed by atoms with E-state index in [0.29, 0.717) is 19.4 Å². The Labute approximate surface area is 387 Å². The van der Waals surface area contributed by atoms with E-state index in [9.17, 15) is 9.59 Å². The predicted octanol–water partition coefficient (Wildman–Crippen LogP) is 18.6. The predicted molar refractivity (Wildman–Crippen MR) is 270 cm³/mol. The molecule has 62 heavy (non-hydrogen) atoms. The molecule has 0 saturated heterocycles. The minimum atomic E-state index is -0.544. The van der Waals surface area contributed by atoms with Crippen molar-refractivity contribution in [2.75, 3.05) is 19.8 Å². The summed E-state index contributed by atoms with van der Waals surface area (Å²) in [6.07, 6.45) is 64.4. The van der Waals surface area contributed by atoms with Gasteiger partial charge in [0.1, 0.15) is 6.61 Å². The van der Waals surface area contributed by atoms with Gasteiger partial charge in [-0.15, -0.1) is 0 Å². The largest absolute Gasteiger partial charge is 0.462 e. The molecule has 0 N–H and O–H groups in total. The molecule has 5 heteroatoms. The first-order chi connectivity index (χ1) is 30.6. The number of hydrogen-bond acceptors (Lipinski definition) is 5. The van der Waals surface area contributed by atoms with Crippen LogP contribution >= 0.6 is 0 Å². The monoisotopic (exact) mass is 871 g/mol. The van der Waals surface area contributed by atoms with E-state index in [4.69, 9.17) is 14.2 Å². The van der Waals surface area contributed by atoms with E-state index in [-0.39, 0.29) is 25.2 Å². The number of allylic oxidation sites excluding steroid dienone is 6. The summed E-state index contributed by atoms with van der Waals surface area (Å²) >= 11 is 0. The van der Waals surface area contributed by atoms with Crippen LogP contribution in [0.3, 0.4) is 0 Å². The Morgan fingerprint density at radius 2 is 0.629 bits per heavy atom. The zero-order valence-corrected chi connectivity index (χ0v) is 41.9. The smallest absolute Gasteiger partial charge is 0.306 e. The minimum Gasteiger partial charge on any atom is -0.462 e. The van der Waals surface area contributed by atoms with Crippen molar-refractivity contribution in [2.24, 2.45) is 0 Å². The molecule has 0 rings (SSSR count). The number of carbonyl (C=O) groups excluding carboxylic acids is 2. The van der Waals surface area contributed by atoms with Crippen LogP contribution in [0.2, 0.25) is 0 Å². The van der Waals surface area contributed by atoms with E-state index in [1.165, 1.54) is 193 Å². The first-order valence-electron chi connectivity index (χ1n) is 27.5. The standard InChI is InChI=1S/C57H106O5/c1-4-7-10-13-16-19-22-25-28-31-34-37-40-43-46-49-52-60-53-55(62-57(59)51-48-45-42-39-36-33-30-27-24-21-18-15-12-9-6-3)54-61-56(58)50-47-44-41-38-35-32-29-26-23-20-17-14-11-8-5-2/h25-30,55H,4-24,31-54H2,1-3H3/b28-25-,29-26?,30-27?. The van der Waals surface area contributed by atoms with Crippen LogP contribution in [0.4, 0.5) is 0 Å². The van der Waals surface area contributed by atoms with Gasteiger partial charge in [0.25, 0.3) is 0 Å². The van der Waals surface area contributed by atoms with Gasteiger partial charge >= 0.3 is 11.9 Å². The van der Waals surface area contributed by atoms with Crippen LogP contribution in [-0.2, 0) is 23.8 Å². The molecular weight excluding hydrogens is 765 g/mol. The number of hydrogen-bond donors (Lipinski definition) is 0. The zero-order chi connectivity index (χ0) is 44.9. The summed E-state index contributed by atoms with van der Waals surface area (Å²) in [6.45, 7) is 7.83. The summed E-state index contributed by atoms with van der Waals surface area (Å²) in [6, 6.07) is 0. The molecule has 0 radical (unpaired) electrons. The van der Waals surface area contributed by atoms with Gasteiger partial charge in [0.15, 0.2) is 6.10 Å². The Kier molecular flexibility index (Phi) is 51.8. The highest BCUT2D eigenvalue weighted by Crippen LogP contribution is 2.14. The summed E-state index contributed by atoms with van der Waals surface area (Å²) in [4.78, 5) is 25.4. The van der Waals surface area contributed by atoms with Crippen LogP contribution < -0.4 is 0 Å². The van der Waals surface area contributed by atoms with Gasteiger partial charge < -0.3 is 14.2 Å². The van der Waals surface area contributed by atoms with E-state index >= 15 is 0 Å². The third kappa shape index (κ3) is 50.8. The van der Waals surface area contributed by atoms with Crippen molar-refractivity contribution in [2.45, 2.75) is 297 Å². The van der Waals surface area contributed by atoms with E-state index in [2.05, 4.69) is 57.2 Å². The second kappa shape index (κ2) is 53.5. The van der Waals surface area contributed by atoms with Crippen LogP contribution in [0, 0.1) is 0 Å². The molecule has 364 valence electrons. The number of unbranched alkanes of at least 4 members (excludes halogenated alkanes) is 34. The molecule has 0 amide bonds. The molecule has 0 saturated carbocycles. The van der Waals surface area contributed by atoms with Gasteiger partial charge in [0, 0.05) is 19.4 Å². The van der Waals surface area contributed by atoms with Crippen molar-refractivity contribution in [3.8, 4) is 0 Å². The molecule has 0 fully saturated rings. The molecule has 0 heterocycles. The second-order valence-electron chi connectivity index (χ2n) is 18.5. The van der Waals surface area contributed by atoms with Crippen molar-refractivity contribution in [3.63, 3.8) is 0 Å². The number of esters is 2. The van der Waals surface area contributed by atoms with Crippen LogP contribution in [0.5, 0.6) is 0 Å². The van der Waals surface area contributed by atoms with Crippen LogP contribution in [0.15, 0.2) is 36.5 Å². The van der Waals surface area contributed by atoms with Crippen molar-refractivity contribution >= 4 is 11.9 Å². The van der Waals surface area contributed by atoms with E-state index in [1.54, 1.807) is 0 Å². The third-order valence-electron chi connectivity index (χ3n) is 12.1. The number of rotatable bonds is 51. The second-order valence-corrected chi connectivity index (χ2v) is 18.5. The zero-order valence-electron chi connectivity index (χ0n) is 41.9. The average molecular weight is 871 g/mol. The lowest BCUT2D eigenvalue weighted by atomic mass is 10.1. The Morgan fingerprint density at radius 1 is 0.339 bits per heavy atom. The molecule has 5 nitrogen and oxygen atoms in total. The molecule has 0 aliphatic rings. The Bertz CT molecular complexity index is 986. The third-order valence-corrected chi connectivity index (χ3v) is 12.1.